The minimum absolute atomic E-state index is 0.143. The van der Waals surface area contributed by atoms with Gasteiger partial charge in [-0.3, -0.25) is 9.59 Å². The van der Waals surface area contributed by atoms with E-state index >= 15 is 0 Å². The van der Waals surface area contributed by atoms with Crippen molar-refractivity contribution >= 4 is 50.7 Å². The Hall–Kier alpha value is -1.93. The summed E-state index contributed by atoms with van der Waals surface area (Å²) in [6.45, 7) is 5.97. The Morgan fingerprint density at radius 3 is 2.84 bits per heavy atom. The molecule has 4 heterocycles. The number of hydrogen-bond acceptors (Lipinski definition) is 5. The van der Waals surface area contributed by atoms with Crippen LogP contribution in [0.1, 0.15) is 45.6 Å². The van der Waals surface area contributed by atoms with Gasteiger partial charge in [0.25, 0.3) is 11.5 Å². The SMILES string of the molecule is Cc1[nH]c(=O)c(CN2CCc3c(Cl)cc(C(C)C4COC4)c(Cl)c3C2=O)c2scnc12. The Balaban J connectivity index is 1.53. The van der Waals surface area contributed by atoms with Crippen LogP contribution in [0.2, 0.25) is 10.0 Å². The van der Waals surface area contributed by atoms with Crippen LogP contribution in [-0.4, -0.2) is 40.5 Å². The van der Waals surface area contributed by atoms with Gasteiger partial charge in [0, 0.05) is 23.2 Å². The van der Waals surface area contributed by atoms with Gasteiger partial charge in [0.15, 0.2) is 0 Å². The number of benzene rings is 1. The number of hydrogen-bond donors (Lipinski definition) is 1. The molecule has 0 aliphatic carbocycles. The highest BCUT2D eigenvalue weighted by atomic mass is 35.5. The Morgan fingerprint density at radius 2 is 2.13 bits per heavy atom. The summed E-state index contributed by atoms with van der Waals surface area (Å²) in [4.78, 5) is 35.1. The van der Waals surface area contributed by atoms with Crippen LogP contribution in [0, 0.1) is 12.8 Å². The Bertz CT molecular complexity index is 1270. The molecule has 1 saturated heterocycles. The summed E-state index contributed by atoms with van der Waals surface area (Å²) in [7, 11) is 0. The van der Waals surface area contributed by atoms with Gasteiger partial charge in [-0.15, -0.1) is 11.3 Å². The number of fused-ring (bicyclic) bond motifs is 2. The number of nitrogens with one attached hydrogen (secondary N) is 1. The van der Waals surface area contributed by atoms with E-state index in [0.717, 1.165) is 27.0 Å². The average Bonchev–Trinajstić information content (AvgIpc) is 3.17. The molecule has 31 heavy (non-hydrogen) atoms. The first-order valence-electron chi connectivity index (χ1n) is 10.2. The number of aromatic nitrogens is 2. The molecule has 1 aromatic carbocycles. The van der Waals surface area contributed by atoms with E-state index in [-0.39, 0.29) is 23.9 Å². The summed E-state index contributed by atoms with van der Waals surface area (Å²) in [6.07, 6.45) is 0.594. The molecule has 1 N–H and O–H groups in total. The van der Waals surface area contributed by atoms with Gasteiger partial charge in [-0.25, -0.2) is 4.98 Å². The molecule has 9 heteroatoms. The standard InChI is InChI=1S/C22H21Cl2N3O3S/c1-10(12-7-30-8-12)14-5-16(23)13-3-4-27(22(29)17(13)18(14)24)6-15-20-19(25-9-31-20)11(2)26-21(15)28/h5,9-10,12H,3-4,6-8H2,1-2H3,(H,26,28). The van der Waals surface area contributed by atoms with Gasteiger partial charge in [0.05, 0.1) is 46.1 Å². The highest BCUT2D eigenvalue weighted by molar-refractivity contribution is 7.17. The fourth-order valence-electron chi connectivity index (χ4n) is 4.41. The number of H-pyrrole nitrogens is 1. The predicted molar refractivity (Wildman–Crippen MR) is 123 cm³/mol. The van der Waals surface area contributed by atoms with E-state index in [4.69, 9.17) is 27.9 Å². The number of carbonyl (C=O) groups is 1. The van der Waals surface area contributed by atoms with E-state index in [0.29, 0.717) is 53.3 Å². The van der Waals surface area contributed by atoms with E-state index in [1.807, 2.05) is 13.0 Å². The summed E-state index contributed by atoms with van der Waals surface area (Å²) in [5.41, 5.74) is 5.71. The zero-order chi connectivity index (χ0) is 21.9. The lowest BCUT2D eigenvalue weighted by atomic mass is 9.84. The maximum absolute atomic E-state index is 13.5. The molecule has 1 unspecified atom stereocenters. The second kappa shape index (κ2) is 7.89. The molecule has 0 spiro atoms. The number of aryl methyl sites for hydroxylation is 1. The summed E-state index contributed by atoms with van der Waals surface area (Å²) in [5, 5.41) is 1.04. The highest BCUT2D eigenvalue weighted by Gasteiger charge is 2.34. The van der Waals surface area contributed by atoms with Gasteiger partial charge in [0.1, 0.15) is 5.52 Å². The molecular formula is C22H21Cl2N3O3S. The van der Waals surface area contributed by atoms with Crippen molar-refractivity contribution in [3.05, 3.63) is 59.9 Å². The number of nitrogens with zero attached hydrogens (tertiary/aromatic N) is 2. The first-order valence-corrected chi connectivity index (χ1v) is 11.8. The first-order chi connectivity index (χ1) is 14.9. The van der Waals surface area contributed by atoms with Crippen molar-refractivity contribution in [3.63, 3.8) is 0 Å². The van der Waals surface area contributed by atoms with Crippen molar-refractivity contribution in [2.75, 3.05) is 19.8 Å². The quantitative estimate of drug-likeness (QED) is 0.597. The molecule has 2 aliphatic rings. The summed E-state index contributed by atoms with van der Waals surface area (Å²) < 4.78 is 6.14. The summed E-state index contributed by atoms with van der Waals surface area (Å²) in [6, 6.07) is 1.90. The maximum Gasteiger partial charge on any atom is 0.256 e. The topological polar surface area (TPSA) is 75.3 Å². The molecule has 5 rings (SSSR count). The average molecular weight is 478 g/mol. The van der Waals surface area contributed by atoms with Crippen LogP contribution >= 0.6 is 34.5 Å². The van der Waals surface area contributed by atoms with Gasteiger partial charge in [-0.05, 0) is 36.5 Å². The zero-order valence-corrected chi connectivity index (χ0v) is 19.5. The Kier molecular flexibility index (Phi) is 5.33. The fourth-order valence-corrected chi connectivity index (χ4v) is 6.01. The molecule has 2 aliphatic heterocycles. The number of aromatic amines is 1. The Morgan fingerprint density at radius 1 is 1.35 bits per heavy atom. The number of carbonyl (C=O) groups excluding carboxylic acids is 1. The lowest BCUT2D eigenvalue weighted by Crippen LogP contribution is -2.39. The van der Waals surface area contributed by atoms with E-state index in [1.165, 1.54) is 11.3 Å². The fraction of sp³-hybridized carbons (Fsp3) is 0.409. The van der Waals surface area contributed by atoms with E-state index in [1.54, 1.807) is 10.4 Å². The minimum Gasteiger partial charge on any atom is -0.381 e. The van der Waals surface area contributed by atoms with Crippen LogP contribution < -0.4 is 5.56 Å². The monoisotopic (exact) mass is 477 g/mol. The smallest absolute Gasteiger partial charge is 0.256 e. The molecule has 2 aromatic heterocycles. The zero-order valence-electron chi connectivity index (χ0n) is 17.1. The van der Waals surface area contributed by atoms with Crippen molar-refractivity contribution in [3.8, 4) is 0 Å². The van der Waals surface area contributed by atoms with Gasteiger partial charge in [0.2, 0.25) is 0 Å². The largest absolute Gasteiger partial charge is 0.381 e. The van der Waals surface area contributed by atoms with Gasteiger partial charge in [-0.1, -0.05) is 30.1 Å². The van der Waals surface area contributed by atoms with Crippen LogP contribution in [0.4, 0.5) is 0 Å². The number of thiazole rings is 1. The summed E-state index contributed by atoms with van der Waals surface area (Å²) in [5.74, 6) is 0.320. The van der Waals surface area contributed by atoms with Gasteiger partial charge in [-0.2, -0.15) is 0 Å². The van der Waals surface area contributed by atoms with E-state index < -0.39 is 0 Å². The molecule has 0 radical (unpaired) electrons. The number of pyridine rings is 1. The number of amides is 1. The molecule has 3 aromatic rings. The number of halogens is 2. The molecule has 1 amide bonds. The normalized spacial score (nSPS) is 17.7. The molecule has 1 atom stereocenters. The van der Waals surface area contributed by atoms with Gasteiger partial charge >= 0.3 is 0 Å². The first kappa shape index (κ1) is 20.9. The third kappa shape index (κ3) is 3.39. The van der Waals surface area contributed by atoms with Crippen molar-refractivity contribution in [2.24, 2.45) is 5.92 Å². The van der Waals surface area contributed by atoms with Crippen LogP contribution in [0.5, 0.6) is 0 Å². The molecule has 6 nitrogen and oxygen atoms in total. The second-order valence-corrected chi connectivity index (χ2v) is 9.91. The van der Waals surface area contributed by atoms with E-state index in [9.17, 15) is 9.59 Å². The summed E-state index contributed by atoms with van der Waals surface area (Å²) >= 11 is 14.8. The maximum atomic E-state index is 13.5. The molecule has 0 saturated carbocycles. The van der Waals surface area contributed by atoms with E-state index in [2.05, 4.69) is 16.9 Å². The lowest BCUT2D eigenvalue weighted by molar-refractivity contribution is -0.0423. The predicted octanol–water partition coefficient (Wildman–Crippen LogP) is 4.55. The van der Waals surface area contributed by atoms with Crippen molar-refractivity contribution < 1.29 is 9.53 Å². The number of rotatable bonds is 4. The number of ether oxygens (including phenoxy) is 1. The van der Waals surface area contributed by atoms with Crippen LogP contribution in [0.3, 0.4) is 0 Å². The lowest BCUT2D eigenvalue weighted by Gasteiger charge is -2.34. The van der Waals surface area contributed by atoms with Crippen molar-refractivity contribution in [1.29, 1.82) is 0 Å². The third-order valence-corrected chi connectivity index (χ3v) is 8.09. The van der Waals surface area contributed by atoms with Gasteiger partial charge < -0.3 is 14.6 Å². The molecule has 0 bridgehead atoms. The van der Waals surface area contributed by atoms with Crippen molar-refractivity contribution in [1.82, 2.24) is 14.9 Å². The second-order valence-electron chi connectivity index (χ2n) is 8.27. The highest BCUT2D eigenvalue weighted by Crippen LogP contribution is 2.41. The molecule has 1 fully saturated rings. The van der Waals surface area contributed by atoms with Crippen LogP contribution in [-0.2, 0) is 17.7 Å². The minimum atomic E-state index is -0.190. The molecule has 162 valence electrons. The third-order valence-electron chi connectivity index (χ3n) is 6.46. The van der Waals surface area contributed by atoms with Crippen molar-refractivity contribution in [2.45, 2.75) is 32.7 Å². The van der Waals surface area contributed by atoms with Crippen LogP contribution in [0.15, 0.2) is 16.4 Å². The molecular weight excluding hydrogens is 457 g/mol. The Labute approximate surface area is 193 Å². The van der Waals surface area contributed by atoms with Crippen LogP contribution in [0.25, 0.3) is 10.2 Å².